The molecule has 37 heavy (non-hydrogen) atoms. The normalized spacial score (nSPS) is 16.1. The quantitative estimate of drug-likeness (QED) is 0.420. The number of fused-ring (bicyclic) bond motifs is 1. The van der Waals surface area contributed by atoms with Crippen LogP contribution in [0.3, 0.4) is 0 Å². The number of aryl methyl sites for hydroxylation is 1. The van der Waals surface area contributed by atoms with Gasteiger partial charge in [0.1, 0.15) is 23.1 Å². The lowest BCUT2D eigenvalue weighted by Gasteiger charge is -2.33. The summed E-state index contributed by atoms with van der Waals surface area (Å²) in [6.07, 6.45) is 0. The van der Waals surface area contributed by atoms with E-state index >= 15 is 4.39 Å². The van der Waals surface area contributed by atoms with Crippen LogP contribution in [0.4, 0.5) is 14.6 Å². The number of rotatable bonds is 4. The molecule has 0 saturated carbocycles. The van der Waals surface area contributed by atoms with Crippen molar-refractivity contribution in [2.24, 2.45) is 0 Å². The molecule has 4 aromatic rings. The third-order valence-electron chi connectivity index (χ3n) is 6.81. The number of halogens is 2. The molecule has 192 valence electrons. The first-order valence-electron chi connectivity index (χ1n) is 12.4. The van der Waals surface area contributed by atoms with Gasteiger partial charge in [-0.05, 0) is 49.1 Å². The Morgan fingerprint density at radius 1 is 1.11 bits per heavy atom. The van der Waals surface area contributed by atoms with Crippen LogP contribution in [0.2, 0.25) is 0 Å². The standard InChI is InChI=1S/C28H29F2N5O2/c1-15(2)18-8-5-7-16(3)25(18)35-27-19(26(33-28(35)37)34-12-11-31-17(4)14-34)13-21(30)24(32-27)23-20(29)9-6-10-22(23)36/h5-10,13,15,17,31,36H,11-12,14H2,1-4H3. The van der Waals surface area contributed by atoms with Gasteiger partial charge in [-0.3, -0.25) is 0 Å². The molecule has 1 aliphatic heterocycles. The molecule has 3 heterocycles. The molecule has 1 atom stereocenters. The van der Waals surface area contributed by atoms with Crippen molar-refractivity contribution in [3.05, 3.63) is 75.7 Å². The number of hydrogen-bond donors (Lipinski definition) is 2. The molecule has 7 nitrogen and oxygen atoms in total. The molecule has 1 aliphatic rings. The van der Waals surface area contributed by atoms with E-state index in [1.807, 2.05) is 50.8 Å². The maximum Gasteiger partial charge on any atom is 0.355 e. The highest BCUT2D eigenvalue weighted by Crippen LogP contribution is 2.36. The molecule has 9 heteroatoms. The van der Waals surface area contributed by atoms with E-state index in [4.69, 9.17) is 0 Å². The van der Waals surface area contributed by atoms with Crippen molar-refractivity contribution in [3.63, 3.8) is 0 Å². The summed E-state index contributed by atoms with van der Waals surface area (Å²) in [5.74, 6) is -1.67. The van der Waals surface area contributed by atoms with Gasteiger partial charge in [0.25, 0.3) is 0 Å². The Bertz CT molecular complexity index is 1550. The maximum absolute atomic E-state index is 15.6. The zero-order valence-corrected chi connectivity index (χ0v) is 21.2. The second-order valence-corrected chi connectivity index (χ2v) is 9.85. The highest BCUT2D eigenvalue weighted by molar-refractivity contribution is 5.91. The number of para-hydroxylation sites is 1. The van der Waals surface area contributed by atoms with Gasteiger partial charge in [-0.2, -0.15) is 4.98 Å². The smallest absolute Gasteiger partial charge is 0.355 e. The summed E-state index contributed by atoms with van der Waals surface area (Å²) in [5.41, 5.74) is 1.19. The number of nitrogens with one attached hydrogen (secondary N) is 1. The fourth-order valence-electron chi connectivity index (χ4n) is 5.05. The number of benzene rings is 2. The number of phenolic OH excluding ortho intramolecular Hbond substituents is 1. The van der Waals surface area contributed by atoms with Crippen LogP contribution in [0.1, 0.15) is 37.8 Å². The van der Waals surface area contributed by atoms with Gasteiger partial charge in [0.15, 0.2) is 11.5 Å². The van der Waals surface area contributed by atoms with E-state index in [-0.39, 0.29) is 28.9 Å². The SMILES string of the molecule is Cc1cccc(C(C)C)c1-n1c(=O)nc(N2CCNC(C)C2)c2cc(F)c(-c3c(O)cccc3F)nc21. The maximum atomic E-state index is 15.6. The Morgan fingerprint density at radius 3 is 2.57 bits per heavy atom. The minimum absolute atomic E-state index is 0.0704. The number of pyridine rings is 1. The second kappa shape index (κ2) is 9.55. The molecule has 0 spiro atoms. The monoisotopic (exact) mass is 505 g/mol. The van der Waals surface area contributed by atoms with Crippen molar-refractivity contribution in [2.45, 2.75) is 39.7 Å². The van der Waals surface area contributed by atoms with E-state index < -0.39 is 23.1 Å². The van der Waals surface area contributed by atoms with Crippen molar-refractivity contribution in [1.82, 2.24) is 19.9 Å². The summed E-state index contributed by atoms with van der Waals surface area (Å²) < 4.78 is 31.8. The third kappa shape index (κ3) is 4.33. The number of anilines is 1. The van der Waals surface area contributed by atoms with E-state index in [0.29, 0.717) is 36.5 Å². The molecular formula is C28H29F2N5O2. The molecule has 2 aromatic carbocycles. The molecule has 0 amide bonds. The summed E-state index contributed by atoms with van der Waals surface area (Å²) in [6.45, 7) is 9.78. The predicted molar refractivity (Wildman–Crippen MR) is 141 cm³/mol. The van der Waals surface area contributed by atoms with Gasteiger partial charge in [-0.25, -0.2) is 23.1 Å². The molecule has 0 bridgehead atoms. The van der Waals surface area contributed by atoms with E-state index in [1.54, 1.807) is 0 Å². The van der Waals surface area contributed by atoms with Crippen molar-refractivity contribution >= 4 is 16.9 Å². The Labute approximate surface area is 213 Å². The summed E-state index contributed by atoms with van der Waals surface area (Å²) in [5, 5.41) is 14.1. The van der Waals surface area contributed by atoms with E-state index in [1.165, 1.54) is 22.8 Å². The summed E-state index contributed by atoms with van der Waals surface area (Å²) in [7, 11) is 0. The predicted octanol–water partition coefficient (Wildman–Crippen LogP) is 4.66. The van der Waals surface area contributed by atoms with Gasteiger partial charge in [0, 0.05) is 25.7 Å². The summed E-state index contributed by atoms with van der Waals surface area (Å²) in [6, 6.07) is 10.9. The number of aromatic nitrogens is 3. The van der Waals surface area contributed by atoms with Crippen LogP contribution in [0.15, 0.2) is 47.3 Å². The fraction of sp³-hybridized carbons (Fsp3) is 0.321. The first kappa shape index (κ1) is 24.8. The van der Waals surface area contributed by atoms with Crippen LogP contribution < -0.4 is 15.9 Å². The van der Waals surface area contributed by atoms with Crippen LogP contribution in [0, 0.1) is 18.6 Å². The fourth-order valence-corrected chi connectivity index (χ4v) is 5.05. The number of piperazine rings is 1. The average molecular weight is 506 g/mol. The van der Waals surface area contributed by atoms with Gasteiger partial charge < -0.3 is 15.3 Å². The molecule has 2 N–H and O–H groups in total. The second-order valence-electron chi connectivity index (χ2n) is 9.85. The van der Waals surface area contributed by atoms with Gasteiger partial charge in [-0.15, -0.1) is 0 Å². The largest absolute Gasteiger partial charge is 0.507 e. The lowest BCUT2D eigenvalue weighted by molar-refractivity contribution is 0.470. The van der Waals surface area contributed by atoms with Crippen LogP contribution >= 0.6 is 0 Å². The van der Waals surface area contributed by atoms with Gasteiger partial charge >= 0.3 is 5.69 Å². The number of aromatic hydroxyl groups is 1. The molecule has 0 radical (unpaired) electrons. The molecule has 1 fully saturated rings. The summed E-state index contributed by atoms with van der Waals surface area (Å²) in [4.78, 5) is 24.6. The van der Waals surface area contributed by atoms with Gasteiger partial charge in [0.2, 0.25) is 0 Å². The highest BCUT2D eigenvalue weighted by Gasteiger charge is 2.26. The van der Waals surface area contributed by atoms with Gasteiger partial charge in [-0.1, -0.05) is 38.1 Å². The molecular weight excluding hydrogens is 476 g/mol. The first-order valence-corrected chi connectivity index (χ1v) is 12.4. The average Bonchev–Trinajstić information content (AvgIpc) is 2.84. The van der Waals surface area contributed by atoms with Crippen molar-refractivity contribution in [1.29, 1.82) is 0 Å². The first-order chi connectivity index (χ1) is 17.7. The van der Waals surface area contributed by atoms with E-state index in [0.717, 1.165) is 17.2 Å². The highest BCUT2D eigenvalue weighted by atomic mass is 19.1. The lowest BCUT2D eigenvalue weighted by Crippen LogP contribution is -2.50. The van der Waals surface area contributed by atoms with Crippen LogP contribution in [0.25, 0.3) is 28.0 Å². The van der Waals surface area contributed by atoms with Crippen LogP contribution in [-0.2, 0) is 0 Å². The van der Waals surface area contributed by atoms with E-state index in [2.05, 4.69) is 15.3 Å². The van der Waals surface area contributed by atoms with Crippen molar-refractivity contribution in [2.75, 3.05) is 24.5 Å². The Balaban J connectivity index is 1.90. The zero-order chi connectivity index (χ0) is 26.4. The lowest BCUT2D eigenvalue weighted by atomic mass is 9.98. The number of hydrogen-bond acceptors (Lipinski definition) is 6. The van der Waals surface area contributed by atoms with Crippen molar-refractivity contribution < 1.29 is 13.9 Å². The summed E-state index contributed by atoms with van der Waals surface area (Å²) >= 11 is 0. The third-order valence-corrected chi connectivity index (χ3v) is 6.81. The minimum atomic E-state index is -0.821. The van der Waals surface area contributed by atoms with Crippen molar-refractivity contribution in [3.8, 4) is 22.7 Å². The van der Waals surface area contributed by atoms with Crippen LogP contribution in [0.5, 0.6) is 5.75 Å². The number of phenols is 1. The zero-order valence-electron chi connectivity index (χ0n) is 21.2. The van der Waals surface area contributed by atoms with Gasteiger partial charge in [0.05, 0.1) is 16.6 Å². The topological polar surface area (TPSA) is 83.3 Å². The molecule has 0 aliphatic carbocycles. The van der Waals surface area contributed by atoms with Crippen LogP contribution in [-0.4, -0.2) is 45.3 Å². The minimum Gasteiger partial charge on any atom is -0.507 e. The molecule has 1 saturated heterocycles. The Hall–Kier alpha value is -3.85. The Morgan fingerprint density at radius 2 is 1.86 bits per heavy atom. The molecule has 1 unspecified atom stereocenters. The molecule has 2 aromatic heterocycles. The Kier molecular flexibility index (Phi) is 6.41. The number of nitrogens with zero attached hydrogens (tertiary/aromatic N) is 4. The molecule has 5 rings (SSSR count). The van der Waals surface area contributed by atoms with E-state index in [9.17, 15) is 14.3 Å².